The second-order valence-electron chi connectivity index (χ2n) is 6.21. The minimum Gasteiger partial charge on any atom is -0.361 e. The minimum absolute atomic E-state index is 0.0635. The van der Waals surface area contributed by atoms with Gasteiger partial charge in [0.15, 0.2) is 0 Å². The average Bonchev–Trinajstić information content (AvgIpc) is 2.95. The van der Waals surface area contributed by atoms with E-state index in [1.165, 1.54) is 10.9 Å². The predicted octanol–water partition coefficient (Wildman–Crippen LogP) is 4.27. The number of hydrogen-bond acceptors (Lipinski definition) is 2. The largest absolute Gasteiger partial charge is 0.361 e. The molecule has 1 aliphatic rings. The van der Waals surface area contributed by atoms with Gasteiger partial charge in [-0.15, -0.1) is 11.3 Å². The van der Waals surface area contributed by atoms with Gasteiger partial charge >= 0.3 is 0 Å². The molecule has 1 saturated carbocycles. The number of halogens is 1. The molecule has 1 amide bonds. The molecule has 3 nitrogen and oxygen atoms in total. The highest BCUT2D eigenvalue weighted by Crippen LogP contribution is 2.50. The Morgan fingerprint density at radius 3 is 2.96 bits per heavy atom. The molecule has 0 spiro atoms. The van der Waals surface area contributed by atoms with E-state index in [1.807, 2.05) is 35.7 Å². The van der Waals surface area contributed by atoms with Gasteiger partial charge < -0.3 is 10.3 Å². The van der Waals surface area contributed by atoms with Crippen molar-refractivity contribution >= 4 is 39.7 Å². The molecule has 2 heterocycles. The molecule has 118 valence electrons. The number of aromatic amines is 1. The Labute approximate surface area is 143 Å². The van der Waals surface area contributed by atoms with E-state index >= 15 is 0 Å². The first-order chi connectivity index (χ1) is 11.2. The van der Waals surface area contributed by atoms with Crippen molar-refractivity contribution in [2.24, 2.45) is 0 Å². The van der Waals surface area contributed by atoms with Crippen molar-refractivity contribution < 1.29 is 4.79 Å². The second kappa shape index (κ2) is 5.69. The lowest BCUT2D eigenvalue weighted by Gasteiger charge is -2.15. The third kappa shape index (κ3) is 2.89. The zero-order valence-electron chi connectivity index (χ0n) is 12.6. The maximum Gasteiger partial charge on any atom is 0.225 e. The molecule has 4 rings (SSSR count). The molecule has 3 aromatic rings. The summed E-state index contributed by atoms with van der Waals surface area (Å²) in [5, 5.41) is 7.03. The van der Waals surface area contributed by atoms with Crippen LogP contribution in [0.5, 0.6) is 0 Å². The molecular formula is C18H17ClN2OS. The van der Waals surface area contributed by atoms with Gasteiger partial charge in [0.25, 0.3) is 0 Å². The Bertz CT molecular complexity index is 849. The summed E-state index contributed by atoms with van der Waals surface area (Å²) >= 11 is 7.76. The summed E-state index contributed by atoms with van der Waals surface area (Å²) in [6.45, 7) is 0.691. The van der Waals surface area contributed by atoms with Gasteiger partial charge in [-0.25, -0.2) is 0 Å². The van der Waals surface area contributed by atoms with Crippen LogP contribution >= 0.6 is 22.9 Å². The van der Waals surface area contributed by atoms with E-state index in [0.717, 1.165) is 28.3 Å². The van der Waals surface area contributed by atoms with Crippen molar-refractivity contribution in [3.8, 4) is 0 Å². The summed E-state index contributed by atoms with van der Waals surface area (Å²) in [6, 6.07) is 9.89. The molecule has 0 unspecified atom stereocenters. The van der Waals surface area contributed by atoms with Gasteiger partial charge in [0.2, 0.25) is 5.91 Å². The third-order valence-electron chi connectivity index (χ3n) is 4.61. The van der Waals surface area contributed by atoms with E-state index in [9.17, 15) is 4.79 Å². The number of rotatable bonds is 5. The van der Waals surface area contributed by atoms with Crippen LogP contribution in [-0.2, 0) is 16.6 Å². The molecule has 0 bridgehead atoms. The van der Waals surface area contributed by atoms with E-state index in [2.05, 4.69) is 16.5 Å². The van der Waals surface area contributed by atoms with Crippen LogP contribution < -0.4 is 5.32 Å². The number of benzene rings is 1. The monoisotopic (exact) mass is 344 g/mol. The predicted molar refractivity (Wildman–Crippen MR) is 95.3 cm³/mol. The number of hydrogen-bond donors (Lipinski definition) is 2. The van der Waals surface area contributed by atoms with E-state index in [1.54, 1.807) is 11.3 Å². The van der Waals surface area contributed by atoms with Gasteiger partial charge in [0.05, 0.1) is 6.42 Å². The lowest BCUT2D eigenvalue weighted by atomic mass is 9.95. The highest BCUT2D eigenvalue weighted by atomic mass is 35.5. The van der Waals surface area contributed by atoms with Crippen molar-refractivity contribution in [2.45, 2.75) is 24.7 Å². The smallest absolute Gasteiger partial charge is 0.225 e. The first-order valence-corrected chi connectivity index (χ1v) is 8.98. The number of carbonyl (C=O) groups is 1. The summed E-state index contributed by atoms with van der Waals surface area (Å²) < 4.78 is 0. The fourth-order valence-corrected chi connectivity index (χ4v) is 4.00. The van der Waals surface area contributed by atoms with Crippen LogP contribution in [-0.4, -0.2) is 17.4 Å². The maximum absolute atomic E-state index is 12.1. The molecule has 1 fully saturated rings. The van der Waals surface area contributed by atoms with Crippen LogP contribution in [0, 0.1) is 0 Å². The Morgan fingerprint density at radius 1 is 1.35 bits per heavy atom. The van der Waals surface area contributed by atoms with Gasteiger partial charge in [-0.05, 0) is 48.1 Å². The number of amides is 1. The fraction of sp³-hybridized carbons (Fsp3) is 0.278. The van der Waals surface area contributed by atoms with E-state index < -0.39 is 0 Å². The lowest BCUT2D eigenvalue weighted by Crippen LogP contribution is -2.33. The van der Waals surface area contributed by atoms with Gasteiger partial charge in [-0.2, -0.15) is 0 Å². The van der Waals surface area contributed by atoms with Crippen LogP contribution in [0.25, 0.3) is 10.9 Å². The number of H-pyrrole nitrogens is 1. The summed E-state index contributed by atoms with van der Waals surface area (Å²) in [5.74, 6) is 0.0941. The SMILES string of the molecule is O=C(Cc1cccs1)NCC1(c2c[nH]c3ccc(Cl)cc23)CC1. The zero-order chi connectivity index (χ0) is 15.9. The normalized spacial score (nSPS) is 15.7. The molecule has 0 atom stereocenters. The van der Waals surface area contributed by atoms with Crippen LogP contribution in [0.15, 0.2) is 41.9 Å². The second-order valence-corrected chi connectivity index (χ2v) is 7.67. The first kappa shape index (κ1) is 14.8. The number of carbonyl (C=O) groups excluding carboxylic acids is 1. The Balaban J connectivity index is 1.49. The molecular weight excluding hydrogens is 328 g/mol. The quantitative estimate of drug-likeness (QED) is 0.713. The van der Waals surface area contributed by atoms with Gasteiger partial charge in [0.1, 0.15) is 0 Å². The molecule has 0 radical (unpaired) electrons. The van der Waals surface area contributed by atoms with Crippen molar-refractivity contribution in [2.75, 3.05) is 6.54 Å². The molecule has 2 N–H and O–H groups in total. The Hall–Kier alpha value is -1.78. The Kier molecular flexibility index (Phi) is 3.66. The van der Waals surface area contributed by atoms with Crippen molar-refractivity contribution in [1.29, 1.82) is 0 Å². The van der Waals surface area contributed by atoms with E-state index in [-0.39, 0.29) is 11.3 Å². The number of nitrogens with one attached hydrogen (secondary N) is 2. The van der Waals surface area contributed by atoms with Crippen LogP contribution in [0.3, 0.4) is 0 Å². The highest BCUT2D eigenvalue weighted by Gasteiger charge is 2.45. The van der Waals surface area contributed by atoms with Gasteiger partial charge in [-0.1, -0.05) is 17.7 Å². The number of fused-ring (bicyclic) bond motifs is 1. The van der Waals surface area contributed by atoms with Crippen LogP contribution in [0.4, 0.5) is 0 Å². The number of thiophene rings is 1. The average molecular weight is 345 g/mol. The van der Waals surface area contributed by atoms with Crippen LogP contribution in [0.2, 0.25) is 5.02 Å². The molecule has 2 aromatic heterocycles. The molecule has 0 aliphatic heterocycles. The highest BCUT2D eigenvalue weighted by molar-refractivity contribution is 7.10. The topological polar surface area (TPSA) is 44.9 Å². The van der Waals surface area contributed by atoms with Crippen LogP contribution in [0.1, 0.15) is 23.3 Å². The summed E-state index contributed by atoms with van der Waals surface area (Å²) in [4.78, 5) is 16.6. The van der Waals surface area contributed by atoms with Crippen molar-refractivity contribution in [3.05, 3.63) is 57.4 Å². The maximum atomic E-state index is 12.1. The Morgan fingerprint density at radius 2 is 2.22 bits per heavy atom. The summed E-state index contributed by atoms with van der Waals surface area (Å²) in [7, 11) is 0. The standard InChI is InChI=1S/C18H17ClN2OS/c19-12-3-4-16-14(8-12)15(10-20-16)18(5-6-18)11-21-17(22)9-13-2-1-7-23-13/h1-4,7-8,10,20H,5-6,9,11H2,(H,21,22). The third-order valence-corrected chi connectivity index (χ3v) is 5.72. The van der Waals surface area contributed by atoms with Gasteiger partial charge in [-0.3, -0.25) is 4.79 Å². The molecule has 23 heavy (non-hydrogen) atoms. The molecule has 5 heteroatoms. The minimum atomic E-state index is 0.0635. The summed E-state index contributed by atoms with van der Waals surface area (Å²) in [5.41, 5.74) is 2.43. The van der Waals surface area contributed by atoms with E-state index in [0.29, 0.717) is 13.0 Å². The number of aromatic nitrogens is 1. The first-order valence-electron chi connectivity index (χ1n) is 7.72. The van der Waals surface area contributed by atoms with E-state index in [4.69, 9.17) is 11.6 Å². The summed E-state index contributed by atoms with van der Waals surface area (Å²) in [6.07, 6.45) is 4.74. The molecule has 1 aliphatic carbocycles. The zero-order valence-corrected chi connectivity index (χ0v) is 14.1. The fourth-order valence-electron chi connectivity index (χ4n) is 3.13. The molecule has 0 saturated heterocycles. The molecule has 1 aromatic carbocycles. The van der Waals surface area contributed by atoms with Gasteiger partial charge in [0, 0.05) is 39.0 Å². The van der Waals surface area contributed by atoms with Crippen molar-refractivity contribution in [3.63, 3.8) is 0 Å². The lowest BCUT2D eigenvalue weighted by molar-refractivity contribution is -0.120. The van der Waals surface area contributed by atoms with Crippen molar-refractivity contribution in [1.82, 2.24) is 10.3 Å².